The molecule has 0 saturated carbocycles. The third-order valence-electron chi connectivity index (χ3n) is 2.07. The van der Waals surface area contributed by atoms with Crippen LogP contribution in [-0.4, -0.2) is 0 Å². The fourth-order valence-corrected chi connectivity index (χ4v) is 2.71. The van der Waals surface area contributed by atoms with Crippen LogP contribution in [0.2, 0.25) is 0 Å². The Morgan fingerprint density at radius 2 is 2.07 bits per heavy atom. The molecule has 0 nitrogen and oxygen atoms in total. The monoisotopic (exact) mass is 304 g/mol. The molecule has 0 aliphatic heterocycles. The highest BCUT2D eigenvalue weighted by Crippen LogP contribution is 2.32. The first-order valence-electron chi connectivity index (χ1n) is 4.29. The summed E-state index contributed by atoms with van der Waals surface area (Å²) in [6.07, 6.45) is 0. The average Bonchev–Trinajstić information content (AvgIpc) is 2.74. The van der Waals surface area contributed by atoms with Gasteiger partial charge in [-0.3, -0.25) is 0 Å². The lowest BCUT2D eigenvalue weighted by atomic mass is 10.1. The fraction of sp³-hybridized carbons (Fsp3) is 0.0909. The highest BCUT2D eigenvalue weighted by molar-refractivity contribution is 9.10. The summed E-state index contributed by atoms with van der Waals surface area (Å²) in [5, 5.41) is 3.76. The van der Waals surface area contributed by atoms with Gasteiger partial charge in [0.15, 0.2) is 0 Å². The van der Waals surface area contributed by atoms with Crippen molar-refractivity contribution in [2.24, 2.45) is 0 Å². The van der Waals surface area contributed by atoms with Crippen LogP contribution in [0, 0.1) is 5.82 Å². The minimum absolute atomic E-state index is 0.215. The molecule has 1 heterocycles. The molecule has 4 heteroatoms. The molecule has 78 valence electrons. The van der Waals surface area contributed by atoms with E-state index in [1.54, 1.807) is 23.5 Å². The van der Waals surface area contributed by atoms with Crippen LogP contribution in [0.3, 0.4) is 0 Å². The summed E-state index contributed by atoms with van der Waals surface area (Å²) >= 11 is 11.0. The highest BCUT2D eigenvalue weighted by Gasteiger charge is 2.12. The van der Waals surface area contributed by atoms with Crippen LogP contribution in [0.5, 0.6) is 0 Å². The summed E-state index contributed by atoms with van der Waals surface area (Å²) in [4.78, 5) is 0. The first-order chi connectivity index (χ1) is 7.18. The van der Waals surface area contributed by atoms with Gasteiger partial charge < -0.3 is 0 Å². The normalized spacial score (nSPS) is 12.7. The molecule has 0 fully saturated rings. The number of benzene rings is 1. The second-order valence-corrected chi connectivity index (χ2v) is 5.16. The van der Waals surface area contributed by atoms with E-state index in [1.807, 2.05) is 16.8 Å². The Hall–Kier alpha value is -0.380. The van der Waals surface area contributed by atoms with Gasteiger partial charge in [-0.1, -0.05) is 6.07 Å². The van der Waals surface area contributed by atoms with Gasteiger partial charge in [0, 0.05) is 0 Å². The van der Waals surface area contributed by atoms with Gasteiger partial charge in [0.25, 0.3) is 0 Å². The molecule has 2 aromatic rings. The zero-order valence-electron chi connectivity index (χ0n) is 7.58. The van der Waals surface area contributed by atoms with Crippen molar-refractivity contribution in [3.05, 3.63) is 56.4 Å². The smallest absolute Gasteiger partial charge is 0.137 e. The fourth-order valence-electron chi connectivity index (χ4n) is 1.28. The maximum atomic E-state index is 13.0. The number of alkyl halides is 1. The van der Waals surface area contributed by atoms with Gasteiger partial charge in [0.1, 0.15) is 5.82 Å². The van der Waals surface area contributed by atoms with Gasteiger partial charge in [-0.05, 0) is 56.0 Å². The van der Waals surface area contributed by atoms with E-state index in [0.717, 1.165) is 11.1 Å². The second kappa shape index (κ2) is 4.64. The Bertz CT molecular complexity index is 456. The molecule has 0 aliphatic rings. The summed E-state index contributed by atoms with van der Waals surface area (Å²) in [6.45, 7) is 0. The minimum Gasteiger partial charge on any atom is -0.206 e. The molecular weight excluding hydrogens is 299 g/mol. The van der Waals surface area contributed by atoms with Gasteiger partial charge in [-0.25, -0.2) is 4.39 Å². The molecule has 15 heavy (non-hydrogen) atoms. The van der Waals surface area contributed by atoms with Gasteiger partial charge in [0.2, 0.25) is 0 Å². The summed E-state index contributed by atoms with van der Waals surface area (Å²) in [7, 11) is 0. The molecule has 1 aromatic heterocycles. The molecule has 0 amide bonds. The van der Waals surface area contributed by atoms with Crippen LogP contribution in [0.1, 0.15) is 16.5 Å². The van der Waals surface area contributed by atoms with Gasteiger partial charge in [-0.2, -0.15) is 11.3 Å². The predicted molar refractivity (Wildman–Crippen MR) is 66.1 cm³/mol. The van der Waals surface area contributed by atoms with E-state index in [9.17, 15) is 4.39 Å². The maximum absolute atomic E-state index is 13.0. The number of hydrogen-bond donors (Lipinski definition) is 0. The first kappa shape index (κ1) is 11.1. The van der Waals surface area contributed by atoms with Crippen molar-refractivity contribution in [1.82, 2.24) is 0 Å². The van der Waals surface area contributed by atoms with E-state index in [4.69, 9.17) is 11.6 Å². The molecule has 0 bridgehead atoms. The average molecular weight is 306 g/mol. The minimum atomic E-state index is -0.270. The molecule has 0 radical (unpaired) electrons. The third-order valence-corrected chi connectivity index (χ3v) is 3.89. The van der Waals surface area contributed by atoms with Crippen LogP contribution in [-0.2, 0) is 0 Å². The topological polar surface area (TPSA) is 0 Å². The number of thiophene rings is 1. The van der Waals surface area contributed by atoms with Gasteiger partial charge in [0.05, 0.1) is 9.85 Å². The number of halogens is 3. The molecule has 0 saturated heterocycles. The lowest BCUT2D eigenvalue weighted by Crippen LogP contribution is -1.92. The summed E-state index contributed by atoms with van der Waals surface area (Å²) in [6, 6.07) is 6.81. The maximum Gasteiger partial charge on any atom is 0.137 e. The molecular formula is C11H7BrClFS. The molecule has 1 unspecified atom stereocenters. The van der Waals surface area contributed by atoms with Crippen LogP contribution >= 0.6 is 38.9 Å². The third kappa shape index (κ3) is 2.41. The summed E-state index contributed by atoms with van der Waals surface area (Å²) < 4.78 is 13.5. The van der Waals surface area contributed by atoms with Crippen LogP contribution < -0.4 is 0 Å². The van der Waals surface area contributed by atoms with Crippen LogP contribution in [0.15, 0.2) is 39.5 Å². The van der Waals surface area contributed by atoms with Crippen LogP contribution in [0.4, 0.5) is 4.39 Å². The SMILES string of the molecule is Fc1ccc(C(Cl)c2ccsc2)cc1Br. The lowest BCUT2D eigenvalue weighted by Gasteiger charge is -2.08. The van der Waals surface area contributed by atoms with Crippen molar-refractivity contribution in [1.29, 1.82) is 0 Å². The van der Waals surface area contributed by atoms with Crippen molar-refractivity contribution in [3.63, 3.8) is 0 Å². The Balaban J connectivity index is 2.34. The standard InChI is InChI=1S/C11H7BrClFS/c12-9-5-7(1-2-10(9)14)11(13)8-3-4-15-6-8/h1-6,11H. The number of rotatable bonds is 2. The van der Waals surface area contributed by atoms with Gasteiger partial charge in [-0.15, -0.1) is 11.6 Å². The van der Waals surface area contributed by atoms with Crippen molar-refractivity contribution >= 4 is 38.9 Å². The Labute approximate surface area is 105 Å². The Kier molecular flexibility index (Phi) is 3.44. The quantitative estimate of drug-likeness (QED) is 0.687. The lowest BCUT2D eigenvalue weighted by molar-refractivity contribution is 0.620. The zero-order chi connectivity index (χ0) is 10.8. The molecule has 2 rings (SSSR count). The van der Waals surface area contributed by atoms with E-state index in [1.165, 1.54) is 6.07 Å². The van der Waals surface area contributed by atoms with Crippen molar-refractivity contribution < 1.29 is 4.39 Å². The largest absolute Gasteiger partial charge is 0.206 e. The molecule has 1 aromatic carbocycles. The molecule has 0 aliphatic carbocycles. The first-order valence-corrected chi connectivity index (χ1v) is 6.47. The molecule has 0 N–H and O–H groups in total. The van der Waals surface area contributed by atoms with E-state index in [2.05, 4.69) is 15.9 Å². The summed E-state index contributed by atoms with van der Waals surface area (Å²) in [5.74, 6) is -0.270. The van der Waals surface area contributed by atoms with Crippen LogP contribution in [0.25, 0.3) is 0 Å². The predicted octanol–water partition coefficient (Wildman–Crippen LogP) is 4.98. The van der Waals surface area contributed by atoms with Crippen molar-refractivity contribution in [2.75, 3.05) is 0 Å². The van der Waals surface area contributed by atoms with E-state index >= 15 is 0 Å². The van der Waals surface area contributed by atoms with E-state index < -0.39 is 0 Å². The van der Waals surface area contributed by atoms with E-state index in [0.29, 0.717) is 4.47 Å². The zero-order valence-corrected chi connectivity index (χ0v) is 10.7. The molecule has 0 spiro atoms. The number of hydrogen-bond acceptors (Lipinski definition) is 1. The Morgan fingerprint density at radius 1 is 1.27 bits per heavy atom. The Morgan fingerprint density at radius 3 is 2.67 bits per heavy atom. The van der Waals surface area contributed by atoms with Gasteiger partial charge >= 0.3 is 0 Å². The van der Waals surface area contributed by atoms with Crippen molar-refractivity contribution in [2.45, 2.75) is 5.38 Å². The highest BCUT2D eigenvalue weighted by atomic mass is 79.9. The second-order valence-electron chi connectivity index (χ2n) is 3.09. The summed E-state index contributed by atoms with van der Waals surface area (Å²) in [5.41, 5.74) is 1.93. The van der Waals surface area contributed by atoms with E-state index in [-0.39, 0.29) is 11.2 Å². The molecule has 1 atom stereocenters. The van der Waals surface area contributed by atoms with Crippen molar-refractivity contribution in [3.8, 4) is 0 Å².